The molecule has 1 aromatic heterocycles. The minimum Gasteiger partial charge on any atom is -0.382 e. The van der Waals surface area contributed by atoms with Crippen molar-refractivity contribution >= 4 is 28.3 Å². The molecule has 0 spiro atoms. The van der Waals surface area contributed by atoms with Crippen molar-refractivity contribution in [3.63, 3.8) is 0 Å². The van der Waals surface area contributed by atoms with Crippen LogP contribution >= 0.6 is 11.5 Å². The van der Waals surface area contributed by atoms with Gasteiger partial charge in [-0.1, -0.05) is 20.3 Å². The molecular formula is C13H22N4OS. The van der Waals surface area contributed by atoms with Crippen molar-refractivity contribution in [3.8, 4) is 0 Å². The lowest BCUT2D eigenvalue weighted by Gasteiger charge is -2.21. The van der Waals surface area contributed by atoms with Gasteiger partial charge in [-0.15, -0.1) is 0 Å². The number of nitrogen functional groups attached to an aromatic ring is 1. The van der Waals surface area contributed by atoms with E-state index >= 15 is 0 Å². The summed E-state index contributed by atoms with van der Waals surface area (Å²) in [5.74, 6) is 0.835. The normalized spacial score (nSPS) is 16.2. The summed E-state index contributed by atoms with van der Waals surface area (Å²) in [6.07, 6.45) is 3.25. The van der Waals surface area contributed by atoms with Crippen LogP contribution in [0.5, 0.6) is 0 Å². The topological polar surface area (TPSA) is 71.2 Å². The van der Waals surface area contributed by atoms with Gasteiger partial charge in [0.25, 0.3) is 5.91 Å². The maximum absolute atomic E-state index is 12.2. The van der Waals surface area contributed by atoms with Crippen molar-refractivity contribution < 1.29 is 4.79 Å². The number of nitrogens with one attached hydrogen (secondary N) is 1. The monoisotopic (exact) mass is 282 g/mol. The first-order valence-corrected chi connectivity index (χ1v) is 7.57. The van der Waals surface area contributed by atoms with Gasteiger partial charge in [0, 0.05) is 19.6 Å². The Balaban J connectivity index is 2.13. The van der Waals surface area contributed by atoms with Crippen LogP contribution in [0, 0.1) is 5.92 Å². The molecule has 1 heterocycles. The quantitative estimate of drug-likeness (QED) is 0.838. The molecule has 0 aromatic carbocycles. The standard InChI is InChI=1S/C13H22N4OS/c1-4-8(2)7-17(3)13-10(11(14)16-19-13)12(18)15-9-5-6-9/h8-9H,4-7H2,1-3H3,(H2,14,16)(H,15,18). The molecule has 5 nitrogen and oxygen atoms in total. The SMILES string of the molecule is CCC(C)CN(C)c1snc(N)c1C(=O)NC1CC1. The third-order valence-electron chi connectivity index (χ3n) is 3.47. The number of nitrogens with two attached hydrogens (primary N) is 1. The van der Waals surface area contributed by atoms with E-state index in [1.165, 1.54) is 11.5 Å². The van der Waals surface area contributed by atoms with Gasteiger partial charge in [0.15, 0.2) is 5.82 Å². The summed E-state index contributed by atoms with van der Waals surface area (Å²) in [7, 11) is 1.99. The van der Waals surface area contributed by atoms with Crippen LogP contribution in [0.4, 0.5) is 10.8 Å². The maximum atomic E-state index is 12.2. The average molecular weight is 282 g/mol. The van der Waals surface area contributed by atoms with Crippen molar-refractivity contribution in [1.82, 2.24) is 9.69 Å². The molecule has 0 bridgehead atoms. The van der Waals surface area contributed by atoms with Gasteiger partial charge < -0.3 is 16.0 Å². The second-order valence-corrected chi connectivity index (χ2v) is 6.14. The van der Waals surface area contributed by atoms with Crippen LogP contribution in [0.2, 0.25) is 0 Å². The number of nitrogens with zero attached hydrogens (tertiary/aromatic N) is 2. The van der Waals surface area contributed by atoms with E-state index in [1.807, 2.05) is 7.05 Å². The Bertz CT molecular complexity index is 455. The third kappa shape index (κ3) is 3.37. The highest BCUT2D eigenvalue weighted by atomic mass is 32.1. The average Bonchev–Trinajstić information content (AvgIpc) is 3.09. The first kappa shape index (κ1) is 14.1. The summed E-state index contributed by atoms with van der Waals surface area (Å²) >= 11 is 1.30. The minimum absolute atomic E-state index is 0.0836. The van der Waals surface area contributed by atoms with Gasteiger partial charge in [-0.2, -0.15) is 4.37 Å². The number of carbonyl (C=O) groups excluding carboxylic acids is 1. The van der Waals surface area contributed by atoms with Crippen LogP contribution in [0.1, 0.15) is 43.5 Å². The molecule has 6 heteroatoms. The van der Waals surface area contributed by atoms with E-state index in [-0.39, 0.29) is 5.91 Å². The Morgan fingerprint density at radius 1 is 1.63 bits per heavy atom. The van der Waals surface area contributed by atoms with E-state index in [9.17, 15) is 4.79 Å². The van der Waals surface area contributed by atoms with Crippen LogP contribution < -0.4 is 16.0 Å². The van der Waals surface area contributed by atoms with Crippen LogP contribution in [0.25, 0.3) is 0 Å². The van der Waals surface area contributed by atoms with Crippen molar-refractivity contribution in [2.45, 2.75) is 39.2 Å². The Morgan fingerprint density at radius 2 is 2.32 bits per heavy atom. The number of hydrogen-bond donors (Lipinski definition) is 2. The summed E-state index contributed by atoms with van der Waals surface area (Å²) in [6.45, 7) is 5.27. The summed E-state index contributed by atoms with van der Waals surface area (Å²) < 4.78 is 4.14. The predicted molar refractivity (Wildman–Crippen MR) is 79.7 cm³/mol. The molecular weight excluding hydrogens is 260 g/mol. The van der Waals surface area contributed by atoms with Crippen molar-refractivity contribution in [2.24, 2.45) is 5.92 Å². The largest absolute Gasteiger partial charge is 0.382 e. The zero-order chi connectivity index (χ0) is 14.0. The molecule has 3 N–H and O–H groups in total. The van der Waals surface area contributed by atoms with Crippen molar-refractivity contribution in [1.29, 1.82) is 0 Å². The van der Waals surface area contributed by atoms with Gasteiger partial charge in [-0.05, 0) is 30.3 Å². The number of aromatic nitrogens is 1. The number of amides is 1. The molecule has 1 unspecified atom stereocenters. The molecule has 1 saturated carbocycles. The van der Waals surface area contributed by atoms with E-state index in [4.69, 9.17) is 5.73 Å². The lowest BCUT2D eigenvalue weighted by molar-refractivity contribution is 0.0952. The van der Waals surface area contributed by atoms with Crippen molar-refractivity contribution in [2.75, 3.05) is 24.2 Å². The first-order chi connectivity index (χ1) is 9.02. The molecule has 1 fully saturated rings. The van der Waals surface area contributed by atoms with Gasteiger partial charge in [-0.25, -0.2) is 0 Å². The highest BCUT2D eigenvalue weighted by Gasteiger charge is 2.28. The van der Waals surface area contributed by atoms with E-state index < -0.39 is 0 Å². The lowest BCUT2D eigenvalue weighted by Crippen LogP contribution is -2.29. The first-order valence-electron chi connectivity index (χ1n) is 6.80. The van der Waals surface area contributed by atoms with Crippen LogP contribution in [-0.2, 0) is 0 Å². The Morgan fingerprint density at radius 3 is 2.89 bits per heavy atom. The maximum Gasteiger partial charge on any atom is 0.258 e. The predicted octanol–water partition coefficient (Wildman–Crippen LogP) is 2.10. The van der Waals surface area contributed by atoms with Crippen LogP contribution in [0.3, 0.4) is 0 Å². The van der Waals surface area contributed by atoms with E-state index in [0.29, 0.717) is 23.3 Å². The molecule has 1 aliphatic carbocycles. The summed E-state index contributed by atoms with van der Waals surface area (Å²) in [4.78, 5) is 14.3. The van der Waals surface area contributed by atoms with Gasteiger partial charge in [0.2, 0.25) is 0 Å². The molecule has 0 aliphatic heterocycles. The lowest BCUT2D eigenvalue weighted by atomic mass is 10.1. The van der Waals surface area contributed by atoms with Gasteiger partial charge in [0.05, 0.1) is 0 Å². The van der Waals surface area contributed by atoms with E-state index in [1.54, 1.807) is 0 Å². The third-order valence-corrected chi connectivity index (χ3v) is 4.45. The number of anilines is 2. The fraction of sp³-hybridized carbons (Fsp3) is 0.692. The Kier molecular flexibility index (Phi) is 4.29. The Labute approximate surface area is 118 Å². The number of hydrogen-bond acceptors (Lipinski definition) is 5. The molecule has 1 aliphatic rings. The highest BCUT2D eigenvalue weighted by molar-refractivity contribution is 7.11. The van der Waals surface area contributed by atoms with Crippen molar-refractivity contribution in [3.05, 3.63) is 5.56 Å². The molecule has 0 saturated heterocycles. The fourth-order valence-electron chi connectivity index (χ4n) is 1.93. The summed E-state index contributed by atoms with van der Waals surface area (Å²) in [5.41, 5.74) is 6.40. The molecule has 1 amide bonds. The smallest absolute Gasteiger partial charge is 0.258 e. The van der Waals surface area contributed by atoms with E-state index in [0.717, 1.165) is 30.8 Å². The Hall–Kier alpha value is -1.30. The highest BCUT2D eigenvalue weighted by Crippen LogP contribution is 2.31. The zero-order valence-corrected chi connectivity index (χ0v) is 12.6. The molecule has 1 atom stereocenters. The fourth-order valence-corrected chi connectivity index (χ4v) is 2.71. The zero-order valence-electron chi connectivity index (χ0n) is 11.8. The van der Waals surface area contributed by atoms with Gasteiger partial charge in [0.1, 0.15) is 10.6 Å². The number of rotatable bonds is 6. The molecule has 106 valence electrons. The number of carbonyl (C=O) groups is 1. The van der Waals surface area contributed by atoms with Gasteiger partial charge >= 0.3 is 0 Å². The second kappa shape index (κ2) is 5.77. The van der Waals surface area contributed by atoms with Crippen LogP contribution in [0.15, 0.2) is 0 Å². The molecule has 1 aromatic rings. The van der Waals surface area contributed by atoms with E-state index in [2.05, 4.69) is 28.4 Å². The van der Waals surface area contributed by atoms with Crippen LogP contribution in [-0.4, -0.2) is 29.9 Å². The minimum atomic E-state index is -0.0836. The molecule has 19 heavy (non-hydrogen) atoms. The van der Waals surface area contributed by atoms with Gasteiger partial charge in [-0.3, -0.25) is 4.79 Å². The molecule has 2 rings (SSSR count). The molecule has 0 radical (unpaired) electrons. The summed E-state index contributed by atoms with van der Waals surface area (Å²) in [5, 5.41) is 3.85. The summed E-state index contributed by atoms with van der Waals surface area (Å²) in [6, 6.07) is 0.333. The second-order valence-electron chi connectivity index (χ2n) is 5.39.